The van der Waals surface area contributed by atoms with Gasteiger partial charge in [0.05, 0.1) is 11.0 Å². The highest BCUT2D eigenvalue weighted by molar-refractivity contribution is 7.21. The maximum absolute atomic E-state index is 5.22. The molecule has 0 atom stereocenters. The predicted octanol–water partition coefficient (Wildman–Crippen LogP) is 10.8. The highest BCUT2D eigenvalue weighted by Crippen LogP contribution is 2.36. The van der Waals surface area contributed by atoms with Gasteiger partial charge in [-0.25, -0.2) is 29.9 Å². The number of para-hydroxylation sites is 3. The van der Waals surface area contributed by atoms with E-state index < -0.39 is 8.07 Å². The van der Waals surface area contributed by atoms with Gasteiger partial charge in [-0.05, 0) is 32.9 Å². The summed E-state index contributed by atoms with van der Waals surface area (Å²) in [6.45, 7) is 0. The lowest BCUT2D eigenvalue weighted by atomic mass is 10.1. The summed E-state index contributed by atoms with van der Waals surface area (Å²) in [7, 11) is -3.27. The van der Waals surface area contributed by atoms with E-state index in [4.69, 9.17) is 29.9 Å². The highest BCUT2D eigenvalue weighted by Gasteiger charge is 2.48. The van der Waals surface area contributed by atoms with Crippen molar-refractivity contribution in [2.45, 2.75) is 0 Å². The molecular formula is C60H39N7Si. The van der Waals surface area contributed by atoms with Crippen LogP contribution in [0.2, 0.25) is 0 Å². The summed E-state index contributed by atoms with van der Waals surface area (Å²) in [5, 5.41) is 7.45. The molecule has 68 heavy (non-hydrogen) atoms. The average Bonchev–Trinajstić information content (AvgIpc) is 3.77. The number of benzene rings is 9. The van der Waals surface area contributed by atoms with Gasteiger partial charge in [-0.15, -0.1) is 0 Å². The first-order valence-electron chi connectivity index (χ1n) is 22.8. The maximum Gasteiger partial charge on any atom is 0.184 e. The molecule has 0 N–H and O–H groups in total. The molecule has 8 heteroatoms. The number of rotatable bonds is 8. The monoisotopic (exact) mass is 885 g/mol. The van der Waals surface area contributed by atoms with Crippen LogP contribution in [0.25, 0.3) is 95.8 Å². The largest absolute Gasteiger partial charge is 0.309 e. The molecule has 0 unspecified atom stereocenters. The van der Waals surface area contributed by atoms with Gasteiger partial charge < -0.3 is 4.57 Å². The Kier molecular flexibility index (Phi) is 9.36. The van der Waals surface area contributed by atoms with Crippen molar-refractivity contribution in [3.8, 4) is 74.0 Å². The van der Waals surface area contributed by atoms with Crippen LogP contribution in [0.3, 0.4) is 0 Å². The van der Waals surface area contributed by atoms with Crippen LogP contribution >= 0.6 is 0 Å². The molecule has 7 nitrogen and oxygen atoms in total. The summed E-state index contributed by atoms with van der Waals surface area (Å²) < 4.78 is 2.49. The van der Waals surface area contributed by atoms with Gasteiger partial charge in [0, 0.05) is 49.8 Å². The SMILES string of the molecule is c1ccc(-c2nc(-c3ccccc3)nc(-c3cccc([Si]4(c5cccc(-c6nc(-c7ccccc7)nc(-c7ccccc7)n6)c5)c5ccccc5-n5c6ccccc6c6cccc4c65)c3)n2)cc1. The van der Waals surface area contributed by atoms with Crippen molar-refractivity contribution in [1.29, 1.82) is 0 Å². The van der Waals surface area contributed by atoms with Crippen molar-refractivity contribution in [1.82, 2.24) is 34.5 Å². The lowest BCUT2D eigenvalue weighted by Gasteiger charge is -2.40. The van der Waals surface area contributed by atoms with E-state index in [1.165, 1.54) is 48.2 Å². The third-order valence-corrected chi connectivity index (χ3v) is 18.0. The topological polar surface area (TPSA) is 82.3 Å². The van der Waals surface area contributed by atoms with Gasteiger partial charge >= 0.3 is 0 Å². The normalized spacial score (nSPS) is 12.5. The summed E-state index contributed by atoms with van der Waals surface area (Å²) in [5.41, 5.74) is 9.13. The first kappa shape index (κ1) is 39.4. The van der Waals surface area contributed by atoms with Crippen LogP contribution in [0.4, 0.5) is 0 Å². The van der Waals surface area contributed by atoms with E-state index in [0.717, 1.165) is 33.4 Å². The first-order valence-corrected chi connectivity index (χ1v) is 24.8. The summed E-state index contributed by atoms with van der Waals surface area (Å²) in [5.74, 6) is 3.72. The van der Waals surface area contributed by atoms with Crippen LogP contribution in [0.15, 0.2) is 237 Å². The Morgan fingerprint density at radius 1 is 0.279 bits per heavy atom. The summed E-state index contributed by atoms with van der Waals surface area (Å²) in [6, 6.07) is 83.3. The van der Waals surface area contributed by atoms with Crippen LogP contribution in [0, 0.1) is 0 Å². The fourth-order valence-corrected chi connectivity index (χ4v) is 15.3. The molecule has 1 aliphatic rings. The first-order chi connectivity index (χ1) is 33.7. The highest BCUT2D eigenvalue weighted by atomic mass is 28.3. The summed E-state index contributed by atoms with van der Waals surface area (Å²) >= 11 is 0. The molecule has 318 valence electrons. The van der Waals surface area contributed by atoms with Crippen molar-refractivity contribution in [2.24, 2.45) is 0 Å². The minimum absolute atomic E-state index is 0.612. The van der Waals surface area contributed by atoms with Crippen LogP contribution < -0.4 is 20.7 Å². The van der Waals surface area contributed by atoms with Gasteiger partial charge in [0.25, 0.3) is 0 Å². The van der Waals surface area contributed by atoms with E-state index >= 15 is 0 Å². The molecule has 0 bridgehead atoms. The second kappa shape index (κ2) is 16.2. The lowest BCUT2D eigenvalue weighted by Crippen LogP contribution is -2.76. The third-order valence-electron chi connectivity index (χ3n) is 13.2. The fraction of sp³-hybridized carbons (Fsp3) is 0. The average molecular weight is 886 g/mol. The van der Waals surface area contributed by atoms with Crippen LogP contribution in [-0.4, -0.2) is 42.5 Å². The molecule has 0 aliphatic carbocycles. The van der Waals surface area contributed by atoms with Crippen molar-refractivity contribution in [3.63, 3.8) is 0 Å². The van der Waals surface area contributed by atoms with E-state index in [2.05, 4.69) is 168 Å². The van der Waals surface area contributed by atoms with Crippen LogP contribution in [0.1, 0.15) is 0 Å². The Labute approximate surface area is 393 Å². The summed E-state index contributed by atoms with van der Waals surface area (Å²) in [4.78, 5) is 30.9. The Morgan fingerprint density at radius 2 is 0.632 bits per heavy atom. The molecule has 3 aromatic heterocycles. The van der Waals surface area contributed by atoms with E-state index in [9.17, 15) is 0 Å². The molecule has 13 rings (SSSR count). The number of aromatic nitrogens is 7. The van der Waals surface area contributed by atoms with Crippen molar-refractivity contribution < 1.29 is 0 Å². The van der Waals surface area contributed by atoms with Crippen molar-refractivity contribution >= 4 is 50.6 Å². The Hall–Kier alpha value is -8.98. The second-order valence-electron chi connectivity index (χ2n) is 17.1. The Balaban J connectivity index is 1.09. The van der Waals surface area contributed by atoms with Crippen LogP contribution in [0.5, 0.6) is 0 Å². The molecule has 0 fully saturated rings. The number of fused-ring (bicyclic) bond motifs is 5. The van der Waals surface area contributed by atoms with Crippen molar-refractivity contribution in [2.75, 3.05) is 0 Å². The standard InChI is InChI=1S/C60H39N7Si/c1-5-20-40(21-6-1)55-61-56(41-22-7-2-8-23-41)64-59(63-55)44-28-17-30-46(38-44)68(52-36-16-15-35-51(52)67-50-34-14-13-32-48(50)49-33-19-37-53(68)54(49)67)47-31-18-29-45(39-47)60-65-57(42-24-9-3-10-25-42)62-58(66-60)43-26-11-4-12-27-43/h1-39H. The number of hydrogen-bond donors (Lipinski definition) is 0. The van der Waals surface area contributed by atoms with Gasteiger partial charge in [-0.2, -0.15) is 0 Å². The predicted molar refractivity (Wildman–Crippen MR) is 277 cm³/mol. The number of nitrogens with zero attached hydrogens (tertiary/aromatic N) is 7. The lowest BCUT2D eigenvalue weighted by molar-refractivity contribution is 1.07. The van der Waals surface area contributed by atoms with E-state index in [1.807, 2.05) is 72.8 Å². The molecular weight excluding hydrogens is 847 g/mol. The molecule has 1 aliphatic heterocycles. The summed E-state index contributed by atoms with van der Waals surface area (Å²) in [6.07, 6.45) is 0. The quantitative estimate of drug-likeness (QED) is 0.141. The molecule has 4 heterocycles. The van der Waals surface area contributed by atoms with E-state index in [-0.39, 0.29) is 0 Å². The van der Waals surface area contributed by atoms with Gasteiger partial charge in [-0.3, -0.25) is 0 Å². The van der Waals surface area contributed by atoms with Gasteiger partial charge in [0.1, 0.15) is 0 Å². The zero-order chi connectivity index (χ0) is 45.0. The minimum atomic E-state index is -3.27. The van der Waals surface area contributed by atoms with Gasteiger partial charge in [0.2, 0.25) is 0 Å². The molecule has 0 radical (unpaired) electrons. The molecule has 12 aromatic rings. The zero-order valence-corrected chi connectivity index (χ0v) is 37.6. The Morgan fingerprint density at radius 3 is 1.12 bits per heavy atom. The van der Waals surface area contributed by atoms with E-state index in [0.29, 0.717) is 34.9 Å². The van der Waals surface area contributed by atoms with Crippen LogP contribution in [-0.2, 0) is 0 Å². The second-order valence-corrected chi connectivity index (χ2v) is 20.8. The third kappa shape index (κ3) is 6.41. The smallest absolute Gasteiger partial charge is 0.184 e. The van der Waals surface area contributed by atoms with E-state index in [1.54, 1.807) is 0 Å². The fourth-order valence-electron chi connectivity index (χ4n) is 10.1. The maximum atomic E-state index is 5.22. The van der Waals surface area contributed by atoms with Gasteiger partial charge in [0.15, 0.2) is 43.0 Å². The number of hydrogen-bond acceptors (Lipinski definition) is 6. The molecule has 0 spiro atoms. The minimum Gasteiger partial charge on any atom is -0.309 e. The molecule has 0 amide bonds. The molecule has 9 aromatic carbocycles. The van der Waals surface area contributed by atoms with Gasteiger partial charge in [-0.1, -0.05) is 224 Å². The Bertz CT molecular complexity index is 3570. The molecule has 0 saturated heterocycles. The van der Waals surface area contributed by atoms with Crippen molar-refractivity contribution in [3.05, 3.63) is 237 Å². The molecule has 0 saturated carbocycles. The zero-order valence-electron chi connectivity index (χ0n) is 36.6.